The van der Waals surface area contributed by atoms with E-state index in [1.54, 1.807) is 7.11 Å². The number of amides is 2. The number of ether oxygens (including phenoxy) is 2. The molecule has 2 rings (SSSR count). The molecule has 2 amide bonds. The Bertz CT molecular complexity index is 667. The number of methoxy groups -OCH3 is 1. The fraction of sp³-hybridized carbons (Fsp3) is 0.500. The second-order valence-electron chi connectivity index (χ2n) is 6.47. The van der Waals surface area contributed by atoms with E-state index >= 15 is 0 Å². The Labute approximate surface area is 159 Å². The number of imide groups is 1. The fourth-order valence-corrected chi connectivity index (χ4v) is 3.51. The molecule has 142 valence electrons. The Morgan fingerprint density at radius 2 is 1.81 bits per heavy atom. The Morgan fingerprint density at radius 1 is 1.12 bits per heavy atom. The summed E-state index contributed by atoms with van der Waals surface area (Å²) < 4.78 is 10.7. The van der Waals surface area contributed by atoms with Gasteiger partial charge in [0, 0.05) is 20.3 Å². The first kappa shape index (κ1) is 20.5. The van der Waals surface area contributed by atoms with Crippen LogP contribution in [0.4, 0.5) is 0 Å². The highest BCUT2D eigenvalue weighted by molar-refractivity contribution is 8.04. The van der Waals surface area contributed by atoms with Crippen LogP contribution in [0.25, 0.3) is 5.57 Å². The van der Waals surface area contributed by atoms with E-state index in [0.29, 0.717) is 42.6 Å². The Morgan fingerprint density at radius 3 is 2.38 bits per heavy atom. The number of nitrogens with zero attached hydrogens (tertiary/aromatic N) is 1. The van der Waals surface area contributed by atoms with Crippen molar-refractivity contribution < 1.29 is 19.1 Å². The topological polar surface area (TPSA) is 55.8 Å². The zero-order valence-electron chi connectivity index (χ0n) is 15.9. The minimum atomic E-state index is -0.224. The van der Waals surface area contributed by atoms with Gasteiger partial charge in [0.1, 0.15) is 5.75 Å². The first-order valence-electron chi connectivity index (χ1n) is 8.95. The molecule has 1 heterocycles. The number of benzene rings is 1. The third-order valence-electron chi connectivity index (χ3n) is 3.87. The van der Waals surface area contributed by atoms with Crippen LogP contribution in [0.3, 0.4) is 0 Å². The summed E-state index contributed by atoms with van der Waals surface area (Å²) in [7, 11) is 1.61. The number of thioether (sulfide) groups is 1. The second-order valence-corrected chi connectivity index (χ2v) is 7.75. The minimum absolute atomic E-state index is 0.201. The molecule has 0 N–H and O–H groups in total. The lowest BCUT2D eigenvalue weighted by atomic mass is 10.1. The SMILES string of the molecule is CCSC1=C(c2ccc(OCC(C)C)cc2)C(=O)N(CCCOC)C1=O. The first-order chi connectivity index (χ1) is 12.5. The molecule has 0 saturated carbocycles. The van der Waals surface area contributed by atoms with Crippen LogP contribution < -0.4 is 4.74 Å². The van der Waals surface area contributed by atoms with Crippen LogP contribution in [0.2, 0.25) is 0 Å². The molecule has 26 heavy (non-hydrogen) atoms. The number of hydrogen-bond acceptors (Lipinski definition) is 5. The summed E-state index contributed by atoms with van der Waals surface area (Å²) in [6, 6.07) is 7.41. The molecule has 0 fully saturated rings. The highest BCUT2D eigenvalue weighted by Gasteiger charge is 2.38. The van der Waals surface area contributed by atoms with Gasteiger partial charge in [0.15, 0.2) is 0 Å². The standard InChI is InChI=1S/C20H27NO4S/c1-5-26-18-17(19(22)21(20(18)23)11-6-12-24-4)15-7-9-16(10-8-15)25-13-14(2)3/h7-10,14H,5-6,11-13H2,1-4H3. The summed E-state index contributed by atoms with van der Waals surface area (Å²) in [5.41, 5.74) is 1.25. The molecule has 6 heteroatoms. The van der Waals surface area contributed by atoms with E-state index in [1.807, 2.05) is 31.2 Å². The zero-order valence-corrected chi connectivity index (χ0v) is 16.7. The molecule has 1 aliphatic heterocycles. The molecule has 0 radical (unpaired) electrons. The monoisotopic (exact) mass is 377 g/mol. The molecule has 0 saturated heterocycles. The number of hydrogen-bond donors (Lipinski definition) is 0. The lowest BCUT2D eigenvalue weighted by molar-refractivity contribution is -0.136. The zero-order chi connectivity index (χ0) is 19.1. The molecule has 0 aliphatic carbocycles. The van der Waals surface area contributed by atoms with Crippen LogP contribution >= 0.6 is 11.8 Å². The maximum atomic E-state index is 12.9. The van der Waals surface area contributed by atoms with Crippen molar-refractivity contribution in [3.8, 4) is 5.75 Å². The summed E-state index contributed by atoms with van der Waals surface area (Å²) in [6.45, 7) is 7.69. The van der Waals surface area contributed by atoms with E-state index in [9.17, 15) is 9.59 Å². The predicted molar refractivity (Wildman–Crippen MR) is 105 cm³/mol. The summed E-state index contributed by atoms with van der Waals surface area (Å²) in [5, 5.41) is 0. The first-order valence-corrected chi connectivity index (χ1v) is 9.93. The quantitative estimate of drug-likeness (QED) is 0.461. The van der Waals surface area contributed by atoms with Crippen molar-refractivity contribution in [3.63, 3.8) is 0 Å². The molecule has 0 spiro atoms. The van der Waals surface area contributed by atoms with Gasteiger partial charge in [0.05, 0.1) is 17.1 Å². The third-order valence-corrected chi connectivity index (χ3v) is 4.83. The molecule has 0 aromatic heterocycles. The van der Waals surface area contributed by atoms with Crippen molar-refractivity contribution in [2.24, 2.45) is 5.92 Å². The van der Waals surface area contributed by atoms with Crippen molar-refractivity contribution in [1.29, 1.82) is 0 Å². The lowest BCUT2D eigenvalue weighted by Crippen LogP contribution is -2.33. The van der Waals surface area contributed by atoms with Crippen LogP contribution in [0.15, 0.2) is 29.2 Å². The van der Waals surface area contributed by atoms with E-state index in [1.165, 1.54) is 16.7 Å². The molecular formula is C20H27NO4S. The van der Waals surface area contributed by atoms with Gasteiger partial charge in [-0.15, -0.1) is 11.8 Å². The van der Waals surface area contributed by atoms with E-state index < -0.39 is 0 Å². The minimum Gasteiger partial charge on any atom is -0.493 e. The third kappa shape index (κ3) is 4.89. The summed E-state index contributed by atoms with van der Waals surface area (Å²) in [4.78, 5) is 27.4. The van der Waals surface area contributed by atoms with Crippen LogP contribution in [0.5, 0.6) is 5.75 Å². The molecular weight excluding hydrogens is 350 g/mol. The molecule has 0 atom stereocenters. The Hall–Kier alpha value is -1.79. The number of carbonyl (C=O) groups excluding carboxylic acids is 2. The van der Waals surface area contributed by atoms with Crippen LogP contribution in [-0.4, -0.2) is 49.3 Å². The molecule has 0 unspecified atom stereocenters. The lowest BCUT2D eigenvalue weighted by Gasteiger charge is -2.14. The van der Waals surface area contributed by atoms with Crippen molar-refractivity contribution in [3.05, 3.63) is 34.7 Å². The average molecular weight is 378 g/mol. The van der Waals surface area contributed by atoms with E-state index in [-0.39, 0.29) is 11.8 Å². The highest BCUT2D eigenvalue weighted by Crippen LogP contribution is 2.36. The summed E-state index contributed by atoms with van der Waals surface area (Å²) in [5.74, 6) is 1.52. The maximum absolute atomic E-state index is 12.9. The highest BCUT2D eigenvalue weighted by atomic mass is 32.2. The van der Waals surface area contributed by atoms with Crippen molar-refractivity contribution in [2.45, 2.75) is 27.2 Å². The molecule has 1 aliphatic rings. The van der Waals surface area contributed by atoms with Crippen LogP contribution in [0, 0.1) is 5.92 Å². The van der Waals surface area contributed by atoms with Gasteiger partial charge < -0.3 is 9.47 Å². The number of carbonyl (C=O) groups is 2. The predicted octanol–water partition coefficient (Wildman–Crippen LogP) is 3.59. The number of rotatable bonds is 10. The van der Waals surface area contributed by atoms with Gasteiger partial charge in [-0.25, -0.2) is 0 Å². The van der Waals surface area contributed by atoms with Gasteiger partial charge >= 0.3 is 0 Å². The Kier molecular flexibility index (Phi) is 7.72. The van der Waals surface area contributed by atoms with Crippen LogP contribution in [0.1, 0.15) is 32.8 Å². The van der Waals surface area contributed by atoms with Crippen molar-refractivity contribution in [1.82, 2.24) is 4.90 Å². The Balaban J connectivity index is 2.23. The van der Waals surface area contributed by atoms with Gasteiger partial charge in [-0.2, -0.15) is 0 Å². The van der Waals surface area contributed by atoms with E-state index in [4.69, 9.17) is 9.47 Å². The maximum Gasteiger partial charge on any atom is 0.267 e. The average Bonchev–Trinajstić information content (AvgIpc) is 2.85. The van der Waals surface area contributed by atoms with Crippen molar-refractivity contribution in [2.75, 3.05) is 32.6 Å². The smallest absolute Gasteiger partial charge is 0.267 e. The molecule has 1 aromatic carbocycles. The van der Waals surface area contributed by atoms with E-state index in [0.717, 1.165) is 17.1 Å². The summed E-state index contributed by atoms with van der Waals surface area (Å²) >= 11 is 1.42. The second kappa shape index (κ2) is 9.78. The van der Waals surface area contributed by atoms with Crippen molar-refractivity contribution >= 4 is 29.1 Å². The van der Waals surface area contributed by atoms with Crippen LogP contribution in [-0.2, 0) is 14.3 Å². The van der Waals surface area contributed by atoms with E-state index in [2.05, 4.69) is 13.8 Å². The van der Waals surface area contributed by atoms with Gasteiger partial charge in [0.25, 0.3) is 11.8 Å². The van der Waals surface area contributed by atoms with Gasteiger partial charge in [-0.05, 0) is 35.8 Å². The van der Waals surface area contributed by atoms with Gasteiger partial charge in [-0.1, -0.05) is 32.9 Å². The molecule has 1 aromatic rings. The molecule has 0 bridgehead atoms. The summed E-state index contributed by atoms with van der Waals surface area (Å²) in [6.07, 6.45) is 0.632. The van der Waals surface area contributed by atoms with Gasteiger partial charge in [0.2, 0.25) is 0 Å². The normalized spacial score (nSPS) is 14.7. The molecule has 5 nitrogen and oxygen atoms in total. The largest absolute Gasteiger partial charge is 0.493 e. The fourth-order valence-electron chi connectivity index (χ4n) is 2.64. The van der Waals surface area contributed by atoms with Gasteiger partial charge in [-0.3, -0.25) is 14.5 Å².